The molecule has 0 bridgehead atoms. The van der Waals surface area contributed by atoms with Gasteiger partial charge in [0.1, 0.15) is 22.3 Å². The number of benzene rings is 22. The summed E-state index contributed by atoms with van der Waals surface area (Å²) < 4.78 is 12.8. The standard InChI is InChI=1S/2C66H45NO/c1-3-11-46(12-4-1)56-15-9-17-58(43-56)54-29-25-49(26-30-54)48-21-23-50(24-22-48)52-33-37-60(38-34-52)67(62-41-42-64-63-19-7-8-20-65(63)68-66(64)45-62)61-39-35-53(36-40-61)51-27-31-55(32-28-51)59-18-10-16-57(44-59)47-13-5-2-6-14-47;1-3-10-46(11-4-1)48-18-20-49(21-19-48)50-22-26-53(27-23-50)55-34-38-60(39-35-55)67(62-42-43-64-63-16-7-8-17-65(63)68-66(64)45-62)61-40-36-56(37-41-61)54-28-24-51(25-29-54)52-30-32-57(33-31-52)59-15-9-14-58(44-59)47-12-5-2-6-13-47/h2*1-45H. The van der Waals surface area contributed by atoms with Crippen LogP contribution < -0.4 is 9.80 Å². The summed E-state index contributed by atoms with van der Waals surface area (Å²) in [5.41, 5.74) is 43.3. The first-order chi connectivity index (χ1) is 67.3. The van der Waals surface area contributed by atoms with E-state index in [1.54, 1.807) is 0 Å². The molecule has 2 aromatic heterocycles. The molecule has 0 amide bonds. The molecule has 0 aliphatic carbocycles. The third-order valence-corrected chi connectivity index (χ3v) is 26.3. The van der Waals surface area contributed by atoms with E-state index in [9.17, 15) is 0 Å². The summed E-state index contributed by atoms with van der Waals surface area (Å²) in [7, 11) is 0. The minimum Gasteiger partial charge on any atom is -0.456 e. The van der Waals surface area contributed by atoms with Crippen LogP contribution in [-0.4, -0.2) is 0 Å². The van der Waals surface area contributed by atoms with Gasteiger partial charge in [0, 0.05) is 67.8 Å². The molecule has 0 aliphatic rings. The van der Waals surface area contributed by atoms with Crippen molar-refractivity contribution in [3.05, 3.63) is 546 Å². The molecule has 22 aromatic carbocycles. The second-order valence-corrected chi connectivity index (χ2v) is 34.7. The number of furan rings is 2. The number of nitrogens with zero attached hydrogens (tertiary/aromatic N) is 2. The summed E-state index contributed by atoms with van der Waals surface area (Å²) >= 11 is 0. The molecule has 24 rings (SSSR count). The van der Waals surface area contributed by atoms with E-state index >= 15 is 0 Å². The summed E-state index contributed by atoms with van der Waals surface area (Å²) in [6.45, 7) is 0. The normalized spacial score (nSPS) is 11.2. The van der Waals surface area contributed by atoms with E-state index in [-0.39, 0.29) is 0 Å². The smallest absolute Gasteiger partial charge is 0.137 e. The van der Waals surface area contributed by atoms with Crippen LogP contribution in [0.1, 0.15) is 0 Å². The van der Waals surface area contributed by atoms with Gasteiger partial charge in [0.2, 0.25) is 0 Å². The molecule has 0 saturated carbocycles. The van der Waals surface area contributed by atoms with Crippen LogP contribution in [0.25, 0.3) is 200 Å². The minimum absolute atomic E-state index is 0.864. The molecular weight excluding hydrogens is 1650 g/mol. The molecule has 0 radical (unpaired) electrons. The zero-order valence-electron chi connectivity index (χ0n) is 74.7. The van der Waals surface area contributed by atoms with Crippen LogP contribution in [0.5, 0.6) is 0 Å². The SMILES string of the molecule is c1ccc(-c2ccc(-c3ccc(-c4ccc(N(c5ccc(-c6ccc(-c7ccc(-c8cccc(-c9ccccc9)c8)cc7)cc6)cc5)c5ccc6c(c5)oc5ccccc56)cc4)cc3)cc2)cc1.c1ccc(-c2cccc(-c3ccc(-c4ccc(-c5ccc(N(c6ccc(-c7ccc(-c8cccc(-c9ccccc9)c8)cc7)cc6)c6ccc7c(c6)oc6ccccc67)cc5)cc4)cc3)c2)cc1. The van der Waals surface area contributed by atoms with Crippen molar-refractivity contribution in [2.24, 2.45) is 0 Å². The Labute approximate surface area is 792 Å². The predicted octanol–water partition coefficient (Wildman–Crippen LogP) is 37.4. The van der Waals surface area contributed by atoms with Crippen molar-refractivity contribution in [2.75, 3.05) is 9.80 Å². The van der Waals surface area contributed by atoms with Gasteiger partial charge in [0.15, 0.2) is 0 Å². The van der Waals surface area contributed by atoms with Crippen molar-refractivity contribution in [2.45, 2.75) is 0 Å². The molecule has 0 saturated heterocycles. The van der Waals surface area contributed by atoms with Crippen LogP contribution in [0.15, 0.2) is 555 Å². The molecule has 0 fully saturated rings. The van der Waals surface area contributed by atoms with Crippen molar-refractivity contribution in [1.82, 2.24) is 0 Å². The van der Waals surface area contributed by atoms with Crippen LogP contribution in [0.2, 0.25) is 0 Å². The van der Waals surface area contributed by atoms with E-state index in [1.807, 2.05) is 24.3 Å². The summed E-state index contributed by atoms with van der Waals surface area (Å²) in [4.78, 5) is 4.63. The van der Waals surface area contributed by atoms with Crippen LogP contribution in [0, 0.1) is 0 Å². The highest BCUT2D eigenvalue weighted by molar-refractivity contribution is 6.08. The maximum atomic E-state index is 6.40. The van der Waals surface area contributed by atoms with E-state index < -0.39 is 0 Å². The van der Waals surface area contributed by atoms with Crippen LogP contribution in [-0.2, 0) is 0 Å². The van der Waals surface area contributed by atoms with Gasteiger partial charge < -0.3 is 18.6 Å². The molecule has 136 heavy (non-hydrogen) atoms. The quantitative estimate of drug-likeness (QED) is 0.0761. The maximum absolute atomic E-state index is 6.40. The third kappa shape index (κ3) is 17.3. The van der Waals surface area contributed by atoms with E-state index in [4.69, 9.17) is 8.83 Å². The number of fused-ring (bicyclic) bond motifs is 6. The lowest BCUT2D eigenvalue weighted by Gasteiger charge is -2.26. The Balaban J connectivity index is 0.000000153. The fraction of sp³-hybridized carbons (Fsp3) is 0. The molecule has 0 N–H and O–H groups in total. The van der Waals surface area contributed by atoms with Gasteiger partial charge in [-0.3, -0.25) is 0 Å². The zero-order chi connectivity index (χ0) is 90.5. The Kier molecular flexibility index (Phi) is 22.5. The van der Waals surface area contributed by atoms with Gasteiger partial charge in [0.05, 0.1) is 0 Å². The summed E-state index contributed by atoms with van der Waals surface area (Å²) in [6.07, 6.45) is 0. The molecule has 0 unspecified atom stereocenters. The molecular formula is C132H90N2O2. The fourth-order valence-corrected chi connectivity index (χ4v) is 19.0. The zero-order valence-corrected chi connectivity index (χ0v) is 74.7. The van der Waals surface area contributed by atoms with Gasteiger partial charge >= 0.3 is 0 Å². The van der Waals surface area contributed by atoms with E-state index in [2.05, 4.69) is 532 Å². The number of para-hydroxylation sites is 2. The maximum Gasteiger partial charge on any atom is 0.137 e. The average molecular weight is 1740 g/mol. The van der Waals surface area contributed by atoms with Crippen LogP contribution >= 0.6 is 0 Å². The number of anilines is 6. The summed E-state index contributed by atoms with van der Waals surface area (Å²) in [6, 6.07) is 196. The second-order valence-electron chi connectivity index (χ2n) is 34.7. The predicted molar refractivity (Wildman–Crippen MR) is 573 cm³/mol. The topological polar surface area (TPSA) is 32.8 Å². The number of rotatable bonds is 20. The largest absolute Gasteiger partial charge is 0.456 e. The summed E-state index contributed by atoms with van der Waals surface area (Å²) in [5, 5.41) is 4.46. The Bertz CT molecular complexity index is 8310. The van der Waals surface area contributed by atoms with E-state index in [1.165, 1.54) is 134 Å². The van der Waals surface area contributed by atoms with Crippen molar-refractivity contribution >= 4 is 78.0 Å². The van der Waals surface area contributed by atoms with Crippen molar-refractivity contribution in [1.29, 1.82) is 0 Å². The third-order valence-electron chi connectivity index (χ3n) is 26.3. The summed E-state index contributed by atoms with van der Waals surface area (Å²) in [5.74, 6) is 0. The minimum atomic E-state index is 0.864. The van der Waals surface area contributed by atoms with Crippen LogP contribution in [0.4, 0.5) is 34.1 Å². The first-order valence-electron chi connectivity index (χ1n) is 46.4. The Hall–Kier alpha value is -18.0. The number of hydrogen-bond acceptors (Lipinski definition) is 4. The Morgan fingerprint density at radius 1 is 0.0956 bits per heavy atom. The van der Waals surface area contributed by atoms with E-state index in [0.29, 0.717) is 0 Å². The molecule has 2 heterocycles. The van der Waals surface area contributed by atoms with Crippen molar-refractivity contribution in [3.8, 4) is 156 Å². The second kappa shape index (κ2) is 37.1. The van der Waals surface area contributed by atoms with Gasteiger partial charge in [-0.1, -0.05) is 431 Å². The van der Waals surface area contributed by atoms with Gasteiger partial charge in [0.25, 0.3) is 0 Å². The van der Waals surface area contributed by atoms with Gasteiger partial charge in [-0.2, -0.15) is 0 Å². The molecule has 0 atom stereocenters. The fourth-order valence-electron chi connectivity index (χ4n) is 19.0. The molecule has 0 aliphatic heterocycles. The lowest BCUT2D eigenvalue weighted by atomic mass is 9.96. The average Bonchev–Trinajstić information content (AvgIpc) is 1.58. The lowest BCUT2D eigenvalue weighted by Crippen LogP contribution is -2.09. The van der Waals surface area contributed by atoms with Crippen molar-refractivity contribution < 1.29 is 8.83 Å². The molecule has 24 aromatic rings. The monoisotopic (exact) mass is 1730 g/mol. The highest BCUT2D eigenvalue weighted by Gasteiger charge is 2.21. The first kappa shape index (κ1) is 82.5. The highest BCUT2D eigenvalue weighted by Crippen LogP contribution is 2.45. The lowest BCUT2D eigenvalue weighted by molar-refractivity contribution is 0.668. The molecule has 0 spiro atoms. The first-order valence-corrected chi connectivity index (χ1v) is 46.4. The number of hydrogen-bond donors (Lipinski definition) is 0. The van der Waals surface area contributed by atoms with Crippen LogP contribution in [0.3, 0.4) is 0 Å². The van der Waals surface area contributed by atoms with Crippen molar-refractivity contribution in [3.63, 3.8) is 0 Å². The molecule has 640 valence electrons. The Morgan fingerprint density at radius 3 is 0.456 bits per heavy atom. The Morgan fingerprint density at radius 2 is 0.243 bits per heavy atom. The van der Waals surface area contributed by atoms with Gasteiger partial charge in [-0.25, -0.2) is 0 Å². The van der Waals surface area contributed by atoms with E-state index in [0.717, 1.165) is 100 Å². The molecule has 4 nitrogen and oxygen atoms in total. The van der Waals surface area contributed by atoms with Gasteiger partial charge in [-0.15, -0.1) is 0 Å². The highest BCUT2D eigenvalue weighted by atomic mass is 16.3. The molecule has 4 heteroatoms. The van der Waals surface area contributed by atoms with Gasteiger partial charge in [-0.05, 0) is 259 Å².